The molecule has 1 aliphatic carbocycles. The second-order valence-corrected chi connectivity index (χ2v) is 9.30. The fraction of sp³-hybridized carbons (Fsp3) is 0.423. The largest absolute Gasteiger partial charge is 0.387 e. The summed E-state index contributed by atoms with van der Waals surface area (Å²) in [6, 6.07) is 11.5. The Bertz CT molecular complexity index is 1020. The maximum absolute atomic E-state index is 12.7. The molecule has 33 heavy (non-hydrogen) atoms. The highest BCUT2D eigenvalue weighted by molar-refractivity contribution is 5.98. The van der Waals surface area contributed by atoms with E-state index in [1.54, 1.807) is 38.0 Å². The molecule has 0 saturated carbocycles. The van der Waals surface area contributed by atoms with E-state index < -0.39 is 5.41 Å². The molecule has 2 amide bonds. The minimum absolute atomic E-state index is 0.0628. The van der Waals surface area contributed by atoms with E-state index in [1.165, 1.54) is 0 Å². The number of hydrogen-bond acceptors (Lipinski definition) is 4. The van der Waals surface area contributed by atoms with Gasteiger partial charge in [-0.3, -0.25) is 15.0 Å². The number of carbonyl (C=O) groups is 2. The number of nitrogens with one attached hydrogen (secondary N) is 2. The Morgan fingerprint density at radius 1 is 1.00 bits per heavy atom. The lowest BCUT2D eigenvalue weighted by molar-refractivity contribution is 0.0820. The van der Waals surface area contributed by atoms with Crippen molar-refractivity contribution in [2.24, 2.45) is 5.73 Å². The zero-order valence-corrected chi connectivity index (χ0v) is 20.5. The van der Waals surface area contributed by atoms with Crippen LogP contribution in [0.3, 0.4) is 0 Å². The van der Waals surface area contributed by atoms with E-state index in [0.29, 0.717) is 24.0 Å². The second-order valence-electron chi connectivity index (χ2n) is 9.30. The van der Waals surface area contributed by atoms with Crippen LogP contribution in [0.4, 0.5) is 0 Å². The maximum Gasteiger partial charge on any atom is 0.253 e. The lowest BCUT2D eigenvalue weighted by Gasteiger charge is -2.42. The first-order valence-corrected chi connectivity index (χ1v) is 11.3. The Labute approximate surface area is 196 Å². The van der Waals surface area contributed by atoms with Crippen LogP contribution in [0.15, 0.2) is 36.4 Å². The Balaban J connectivity index is 2.26. The van der Waals surface area contributed by atoms with Crippen LogP contribution < -0.4 is 11.1 Å². The molecule has 0 spiro atoms. The molecule has 1 aliphatic rings. The maximum atomic E-state index is 12.7. The fourth-order valence-corrected chi connectivity index (χ4v) is 4.95. The summed E-state index contributed by atoms with van der Waals surface area (Å²) < 4.78 is 0. The van der Waals surface area contributed by atoms with Crippen LogP contribution in [0, 0.1) is 5.41 Å². The monoisotopic (exact) mass is 449 g/mol. The van der Waals surface area contributed by atoms with E-state index in [0.717, 1.165) is 28.8 Å². The number of nitrogens with zero attached hydrogens (tertiary/aromatic N) is 2. The van der Waals surface area contributed by atoms with Gasteiger partial charge in [0.05, 0.1) is 5.41 Å². The van der Waals surface area contributed by atoms with Crippen molar-refractivity contribution in [2.75, 3.05) is 34.7 Å². The van der Waals surface area contributed by atoms with Crippen molar-refractivity contribution in [2.45, 2.75) is 38.1 Å². The molecule has 0 bridgehead atoms. The van der Waals surface area contributed by atoms with Crippen LogP contribution in [0.1, 0.15) is 63.2 Å². The van der Waals surface area contributed by atoms with E-state index in [2.05, 4.69) is 19.2 Å². The molecule has 7 heteroatoms. The molecule has 2 aromatic rings. The summed E-state index contributed by atoms with van der Waals surface area (Å²) in [5.41, 5.74) is 10.6. The van der Waals surface area contributed by atoms with Gasteiger partial charge in [0.2, 0.25) is 0 Å². The number of nitrogens with two attached hydrogens (primary N) is 1. The van der Waals surface area contributed by atoms with Crippen LogP contribution >= 0.6 is 0 Å². The molecule has 0 saturated heterocycles. The van der Waals surface area contributed by atoms with Crippen LogP contribution in [0.5, 0.6) is 0 Å². The third kappa shape index (κ3) is 4.37. The standard InChI is InChI=1S/C26H35N5O2/c1-7-29-16(2)15-26(25(27)28)21-10-8-17(23(32)30(3)4)12-19(21)14-20-13-18(9-11-22(20)26)24(33)31(5)6/h8-13,16,29H,7,14-15H2,1-6H3,(H3,27,28). The van der Waals surface area contributed by atoms with E-state index in [1.807, 2.05) is 36.4 Å². The summed E-state index contributed by atoms with van der Waals surface area (Å²) in [7, 11) is 6.92. The van der Waals surface area contributed by atoms with Crippen molar-refractivity contribution < 1.29 is 9.59 Å². The number of benzene rings is 2. The topological polar surface area (TPSA) is 103 Å². The van der Waals surface area contributed by atoms with Gasteiger partial charge in [0.25, 0.3) is 11.8 Å². The molecule has 1 atom stereocenters. The van der Waals surface area contributed by atoms with Gasteiger partial charge in [-0.05, 0) is 72.8 Å². The minimum atomic E-state index is -0.843. The molecule has 176 valence electrons. The van der Waals surface area contributed by atoms with Crippen molar-refractivity contribution in [1.29, 1.82) is 5.41 Å². The molecule has 0 heterocycles. The van der Waals surface area contributed by atoms with Gasteiger partial charge in [-0.15, -0.1) is 0 Å². The summed E-state index contributed by atoms with van der Waals surface area (Å²) in [5, 5.41) is 12.2. The van der Waals surface area contributed by atoms with E-state index in [4.69, 9.17) is 11.1 Å². The molecule has 3 rings (SSSR count). The van der Waals surface area contributed by atoms with Gasteiger partial charge in [-0.1, -0.05) is 19.1 Å². The van der Waals surface area contributed by atoms with Crippen molar-refractivity contribution in [3.05, 3.63) is 69.8 Å². The molecular formula is C26H35N5O2. The highest BCUT2D eigenvalue weighted by Crippen LogP contribution is 2.45. The molecule has 2 aromatic carbocycles. The molecule has 1 unspecified atom stereocenters. The Morgan fingerprint density at radius 2 is 1.45 bits per heavy atom. The third-order valence-corrected chi connectivity index (χ3v) is 6.44. The summed E-state index contributed by atoms with van der Waals surface area (Å²) in [6.45, 7) is 4.95. The first kappa shape index (κ1) is 24.5. The van der Waals surface area contributed by atoms with Gasteiger partial charge in [0.1, 0.15) is 5.84 Å². The fourth-order valence-electron chi connectivity index (χ4n) is 4.95. The van der Waals surface area contributed by atoms with Crippen molar-refractivity contribution in [1.82, 2.24) is 15.1 Å². The zero-order valence-electron chi connectivity index (χ0n) is 20.5. The number of rotatable bonds is 7. The van der Waals surface area contributed by atoms with Gasteiger partial charge in [0, 0.05) is 45.4 Å². The van der Waals surface area contributed by atoms with Gasteiger partial charge in [-0.2, -0.15) is 0 Å². The van der Waals surface area contributed by atoms with Crippen molar-refractivity contribution in [3.63, 3.8) is 0 Å². The van der Waals surface area contributed by atoms with Gasteiger partial charge in [-0.25, -0.2) is 0 Å². The zero-order chi connectivity index (χ0) is 24.5. The molecule has 7 nitrogen and oxygen atoms in total. The number of fused-ring (bicyclic) bond motifs is 2. The number of amides is 2. The highest BCUT2D eigenvalue weighted by atomic mass is 16.2. The number of carbonyl (C=O) groups excluding carboxylic acids is 2. The van der Waals surface area contributed by atoms with Crippen LogP contribution in [0.25, 0.3) is 0 Å². The second kappa shape index (κ2) is 9.35. The molecule has 0 aliphatic heterocycles. The SMILES string of the molecule is CCNC(C)CC1(C(=N)N)c2ccc(C(=O)N(C)C)cc2Cc2cc(C(=O)N(C)C)ccc21. The predicted molar refractivity (Wildman–Crippen MR) is 132 cm³/mol. The average molecular weight is 450 g/mol. The van der Waals surface area contributed by atoms with E-state index in [9.17, 15) is 9.59 Å². The molecule has 0 fully saturated rings. The minimum Gasteiger partial charge on any atom is -0.387 e. The van der Waals surface area contributed by atoms with Crippen molar-refractivity contribution in [3.8, 4) is 0 Å². The summed E-state index contributed by atoms with van der Waals surface area (Å²) in [5.74, 6) is -0.0861. The van der Waals surface area contributed by atoms with Crippen LogP contribution in [-0.2, 0) is 11.8 Å². The smallest absolute Gasteiger partial charge is 0.253 e. The lowest BCUT2D eigenvalue weighted by atomic mass is 9.62. The highest BCUT2D eigenvalue weighted by Gasteiger charge is 2.44. The molecule has 4 N–H and O–H groups in total. The van der Waals surface area contributed by atoms with E-state index >= 15 is 0 Å². The Kier molecular flexibility index (Phi) is 6.93. The normalized spacial score (nSPS) is 14.6. The third-order valence-electron chi connectivity index (χ3n) is 6.44. The van der Waals surface area contributed by atoms with Gasteiger partial charge in [0.15, 0.2) is 0 Å². The lowest BCUT2D eigenvalue weighted by Crippen LogP contribution is -2.49. The molecule has 0 radical (unpaired) electrons. The quantitative estimate of drug-likeness (QED) is 0.447. The Hall–Kier alpha value is -3.19. The van der Waals surface area contributed by atoms with Crippen LogP contribution in [-0.4, -0.2) is 68.2 Å². The van der Waals surface area contributed by atoms with Crippen LogP contribution in [0.2, 0.25) is 0 Å². The van der Waals surface area contributed by atoms with Gasteiger partial charge < -0.3 is 20.9 Å². The first-order chi connectivity index (χ1) is 15.5. The first-order valence-electron chi connectivity index (χ1n) is 11.3. The summed E-state index contributed by atoms with van der Waals surface area (Å²) >= 11 is 0. The Morgan fingerprint density at radius 3 is 1.82 bits per heavy atom. The van der Waals surface area contributed by atoms with Gasteiger partial charge >= 0.3 is 0 Å². The molecular weight excluding hydrogens is 414 g/mol. The van der Waals surface area contributed by atoms with E-state index in [-0.39, 0.29) is 23.7 Å². The molecule has 0 aromatic heterocycles. The summed E-state index contributed by atoms with van der Waals surface area (Å²) in [6.07, 6.45) is 1.16. The summed E-state index contributed by atoms with van der Waals surface area (Å²) in [4.78, 5) is 28.4. The number of amidine groups is 1. The van der Waals surface area contributed by atoms with Crippen molar-refractivity contribution >= 4 is 17.6 Å². The predicted octanol–water partition coefficient (Wildman–Crippen LogP) is 2.60. The number of hydrogen-bond donors (Lipinski definition) is 3. The average Bonchev–Trinajstić information content (AvgIpc) is 2.76.